The van der Waals surface area contributed by atoms with Crippen molar-refractivity contribution in [1.82, 2.24) is 0 Å². The van der Waals surface area contributed by atoms with Gasteiger partial charge in [0.2, 0.25) is 62.4 Å². The van der Waals surface area contributed by atoms with Gasteiger partial charge in [-0.2, -0.15) is 64.8 Å². The van der Waals surface area contributed by atoms with Crippen LogP contribution < -0.4 is 319 Å². The van der Waals surface area contributed by atoms with Crippen molar-refractivity contribution in [3.63, 3.8) is 0 Å². The molecule has 0 aromatic carbocycles. The van der Waals surface area contributed by atoms with E-state index in [1.54, 1.807) is 0 Å². The number of aliphatic hydroxyl groups is 11. The summed E-state index contributed by atoms with van der Waals surface area (Å²) in [5.74, 6) is 0. The first-order valence-corrected chi connectivity index (χ1v) is 38.7. The third-order valence-corrected chi connectivity index (χ3v) is 15.3. The van der Waals surface area contributed by atoms with E-state index in [4.69, 9.17) is 207 Å². The summed E-state index contributed by atoms with van der Waals surface area (Å²) in [5.41, 5.74) is 24.7. The van der Waals surface area contributed by atoms with E-state index in [0.717, 1.165) is 52.1 Å². The number of ether oxygens (including phenoxy) is 16. The third kappa shape index (κ3) is 66.5. The largest absolute Gasteiger partial charge is 1.00 e. The molecule has 0 radical (unpaired) electrons. The zero-order valence-electron chi connectivity index (χ0n) is 68.4. The Morgan fingerprint density at radius 1 is 0.320 bits per heavy atom. The number of rotatable bonds is 23. The van der Waals surface area contributed by atoms with Crippen molar-refractivity contribution in [2.45, 2.75) is 197 Å². The third-order valence-electron chi connectivity index (χ3n) is 14.4. The molecule has 8 heterocycles. The van der Waals surface area contributed by atoms with Gasteiger partial charge in [-0.3, -0.25) is 26.6 Å². The zero-order valence-corrected chi connectivity index (χ0v) is 93.3. The Labute approximate surface area is 948 Å². The van der Waals surface area contributed by atoms with E-state index in [1.165, 1.54) is 7.11 Å². The van der Waals surface area contributed by atoms with Crippen LogP contribution in [0.4, 0.5) is 0 Å². The maximum Gasteiger partial charge on any atom is 1.00 e. The van der Waals surface area contributed by atoms with Crippen molar-refractivity contribution in [3.8, 4) is 0 Å². The fourth-order valence-corrected chi connectivity index (χ4v) is 10.4. The molecule has 0 spiro atoms. The average Bonchev–Trinajstić information content (AvgIpc) is 0.875. The fourth-order valence-electron chi connectivity index (χ4n) is 9.82. The molecule has 0 amide bonds. The van der Waals surface area contributed by atoms with Crippen LogP contribution in [0.25, 0.3) is 0 Å². The maximum absolute atomic E-state index is 11.5. The molecule has 8 rings (SSSR count). The molecule has 8 aliphatic heterocycles. The van der Waals surface area contributed by atoms with Crippen LogP contribution in [0, 0.1) is 52.1 Å². The quantitative estimate of drug-likeness (QED) is 0.0195. The molecule has 8 unspecified atom stereocenters. The van der Waals surface area contributed by atoms with Gasteiger partial charge < -0.3 is 182 Å². The van der Waals surface area contributed by atoms with Crippen LogP contribution in [0.2, 0.25) is 0 Å². The minimum absolute atomic E-state index is 0. The van der Waals surface area contributed by atoms with E-state index in [-0.39, 0.29) is 320 Å². The Hall–Kier alpha value is 5.50. The van der Waals surface area contributed by atoms with Crippen LogP contribution >= 0.6 is 0 Å². The van der Waals surface area contributed by atoms with Gasteiger partial charge in [0.25, 0.3) is 0 Å². The minimum Gasteiger partial charge on any atom is -0.726 e. The van der Waals surface area contributed by atoms with E-state index >= 15 is 0 Å². The van der Waals surface area contributed by atoms with Gasteiger partial charge in [-0.1, -0.05) is 24.4 Å². The summed E-state index contributed by atoms with van der Waals surface area (Å²) >= 11 is 0. The van der Waals surface area contributed by atoms with Crippen molar-refractivity contribution >= 4 is 87.0 Å². The van der Waals surface area contributed by atoms with E-state index in [2.05, 4.69) is 8.37 Å². The van der Waals surface area contributed by atoms with Gasteiger partial charge in [-0.15, -0.1) is 0 Å². The molecule has 694 valence electrons. The number of aliphatic hydroxyl groups excluding tert-OH is 11. The van der Waals surface area contributed by atoms with E-state index in [0.29, 0.717) is 0 Å². The minimum atomic E-state index is -5.40. The van der Waals surface area contributed by atoms with Crippen LogP contribution in [0.3, 0.4) is 0 Å². The van der Waals surface area contributed by atoms with Gasteiger partial charge in [-0.25, -0.2) is 76.2 Å². The van der Waals surface area contributed by atoms with E-state index in [1.807, 2.05) is 0 Å². The molecule has 0 aromatic rings. The number of carbonyl (C=O) groups excluding carboxylic acids is 8. The van der Waals surface area contributed by atoms with Gasteiger partial charge >= 0.3 is 320 Å². The Balaban J connectivity index is -0.000000313. The monoisotopic (exact) mass is 2080 g/mol. The fraction of sp³-hybridized carbons (Fsp3) is 0.755. The van der Waals surface area contributed by atoms with Crippen molar-refractivity contribution in [3.05, 3.63) is 52.1 Å². The van der Waals surface area contributed by atoms with Crippen LogP contribution in [0.1, 0.15) is 0 Å². The number of hydrogen-bond acceptors (Lipinski definition) is 59. The molecule has 23 N–H and O–H groups in total. The molecule has 0 saturated carbocycles. The molecule has 8 saturated heterocycles. The first-order valence-electron chi connectivity index (χ1n) is 30.6. The zero-order chi connectivity index (χ0) is 91.5. The van der Waals surface area contributed by atoms with Gasteiger partial charge in [0.1, 0.15) is 73.2 Å². The van der Waals surface area contributed by atoms with Crippen LogP contribution in [-0.2, 0) is 185 Å². The summed E-state index contributed by atoms with van der Waals surface area (Å²) in [7, 11) is -29.1. The Morgan fingerprint density at radius 3 is 0.703 bits per heavy atom. The second kappa shape index (κ2) is 77.9. The summed E-state index contributed by atoms with van der Waals surface area (Å²) in [4.78, 5) is 65.0. The number of nitrogens with two attached hydrogens (primary N) is 4. The van der Waals surface area contributed by atoms with Gasteiger partial charge in [0.15, 0.2) is 25.2 Å². The van der Waals surface area contributed by atoms with E-state index in [9.17, 15) is 82.1 Å². The van der Waals surface area contributed by atoms with Gasteiger partial charge in [0.05, 0.1) is 50.6 Å². The van der Waals surface area contributed by atoms with Crippen molar-refractivity contribution in [1.29, 1.82) is 0 Å². The molecule has 79 heteroatoms. The van der Waals surface area contributed by atoms with Crippen LogP contribution in [0.15, 0.2) is 0 Å². The molecular weight excluding hydrogens is 2010 g/mol. The first-order chi connectivity index (χ1) is 54.2. The summed E-state index contributed by atoms with van der Waals surface area (Å²) in [5, 5.41) is 118. The Kier molecular flexibility index (Phi) is 95.1. The molecule has 8 aliphatic rings. The van der Waals surface area contributed by atoms with Crippen molar-refractivity contribution < 1.29 is 570 Å². The predicted molar refractivity (Wildman–Crippen MR) is 330 cm³/mol. The van der Waals surface area contributed by atoms with Gasteiger partial charge in [-0.05, 0) is 24.4 Å². The van der Waals surface area contributed by atoms with Crippen LogP contribution in [0.5, 0.6) is 0 Å². The summed E-state index contributed by atoms with van der Waals surface area (Å²) in [6.07, 6.45) is -38.1. The molecule has 0 bridgehead atoms. The first kappa shape index (κ1) is 156. The molecule has 128 heavy (non-hydrogen) atoms. The molecule has 0 aromatic heterocycles. The second-order valence-corrected chi connectivity index (χ2v) is 28.0. The SMILES string of the molecule is CO[C@H]1OC(CO)[C@@H](O[C@H]2[CH-][C@H](O)[C@H](O[C@@H]3OC(COS(=O)(=O)[O-])[C@@H](O[C@H]4[CH-][C@H](O)[C@H](O[C@@H]5OC(CO)[C@@H](O[C@H]6[CH-][C@H](O)[C@H](O[C@H]7OC(COS(=O)(=O)[O-])[C@@H](O[C@H]8[CH-][C@H](O)[C@H](O)[CH-]O8)[C@H](O)C7N)[CH-]O6)[C@H](O)C5N)[CH-]O4)[C@H](O)C3N)[CH-]O2)[C@H](O)C1N.O=C=O.O=C=O.O=C=O.O=C=O.O=S(=O)([O-])O.O=S(=O)([O-])O.O=S(=O)([O-])O.O=S(=O)([O-])O.[Na+].[Na+].[Na+].[Na+].[Na+].[Na+].[Na+].[Na+].[Na+].[Na+]. The van der Waals surface area contributed by atoms with Crippen molar-refractivity contribution in [2.24, 2.45) is 22.9 Å². The van der Waals surface area contributed by atoms with E-state index < -0.39 is 285 Å². The summed E-state index contributed by atoms with van der Waals surface area (Å²) in [6.45, 7) is -0.0793. The normalized spacial score (nSPS) is 34.6. The molecule has 0 aliphatic carbocycles. The van der Waals surface area contributed by atoms with Crippen molar-refractivity contribution in [2.75, 3.05) is 33.5 Å². The topological polar surface area (TPSA) is 1050 Å². The Morgan fingerprint density at radius 2 is 0.508 bits per heavy atom. The number of hydrogen-bond donors (Lipinski definition) is 19. The summed E-state index contributed by atoms with van der Waals surface area (Å²) in [6, 6.07) is -5.74. The molecular formula is C49H74N4Na10O59S6-4. The standard InChI is InChI=1S/C45H72N4O35S2.4CO2.10Na.4H2O4S/c1-67-42-30(46)34(57)38(19(6-50)74-42)81-27-3-15(53)22(10-69-27)78-45-33(49)37(60)41(25(80-45)13-73-86(64,65)66)84-29-5-17(55)21(9-71-29)76-43-31(47)35(58)39(20(7-51)75-43)82-28-4-16(54)23(11-70-28)77-44-32(48)36(59)40(24(79-44)12-72-85(61,62)63)83-26-2-14(52)18(56)8-68-26;4*2-1-3;;;;;;;;;;;4*1-5(2,3)4/h2-5,8-11,14-45,50-60H,6-7,12-13,46-49H2,1H3,(H,61,62,63)(H,64,65,66);;;;;;;;;;;;;;;4*(H2,1,2,3,4)/q-8;;;;;10*+1;;;;/p-6/t14-,15-,16-,17-,18+,19?,20?,21+,22+,23+,24?,25?,26-,27-,28-,29-,30?,31?,32?,33?,34+,35+,36+,37+,38+,39+,40+,41+,42-,43-,44-,45+;;;;;;;;;;;;;;;;;;/m0................../s1. The molecule has 32 atom stereocenters. The average molecular weight is 2090 g/mol. The predicted octanol–water partition coefficient (Wildman–Crippen LogP) is -48.7. The van der Waals surface area contributed by atoms with Gasteiger partial charge in [0, 0.05) is 32.3 Å². The molecule has 8 fully saturated rings. The maximum atomic E-state index is 11.5. The van der Waals surface area contributed by atoms with Crippen LogP contribution in [-0.4, -0.2) is 407 Å². The Bertz CT molecular complexity index is 3610. The summed E-state index contributed by atoms with van der Waals surface area (Å²) < 4.78 is 299. The molecule has 63 nitrogen and oxygen atoms in total. The second-order valence-electron chi connectivity index (χ2n) is 22.5. The smallest absolute Gasteiger partial charge is 0.726 e. The number of methoxy groups -OCH3 is 1.